The molecule has 1 aromatic carbocycles. The average Bonchev–Trinajstić information content (AvgIpc) is 2.65. The number of ether oxygens (including phenoxy) is 1. The summed E-state index contributed by atoms with van der Waals surface area (Å²) in [6, 6.07) is 7.34. The minimum Gasteiger partial charge on any atom is -0.860 e. The van der Waals surface area contributed by atoms with E-state index in [0.29, 0.717) is 0 Å². The van der Waals surface area contributed by atoms with Gasteiger partial charge in [0.05, 0.1) is 11.6 Å². The molecule has 0 amide bonds. The Hall–Kier alpha value is -1.62. The van der Waals surface area contributed by atoms with Crippen molar-refractivity contribution >= 4 is 11.5 Å². The van der Waals surface area contributed by atoms with Crippen molar-refractivity contribution in [1.82, 2.24) is 4.49 Å². The van der Waals surface area contributed by atoms with Crippen molar-refractivity contribution in [2.45, 2.75) is 0 Å². The largest absolute Gasteiger partial charge is 0.860 e. The van der Waals surface area contributed by atoms with Crippen LogP contribution in [0.5, 0.6) is 10.8 Å². The van der Waals surface area contributed by atoms with Gasteiger partial charge in [0, 0.05) is 28.7 Å². The summed E-state index contributed by atoms with van der Waals surface area (Å²) in [7, 11) is 1.61. The van der Waals surface area contributed by atoms with E-state index in [1.54, 1.807) is 11.8 Å². The molecule has 4 nitrogen and oxygen atoms in total. The van der Waals surface area contributed by atoms with E-state index in [4.69, 9.17) is 4.74 Å². The highest BCUT2D eigenvalue weighted by molar-refractivity contribution is 7.06. The van der Waals surface area contributed by atoms with Crippen LogP contribution < -0.4 is 14.5 Å². The average molecular weight is 208 g/mol. The summed E-state index contributed by atoms with van der Waals surface area (Å²) in [5.41, 5.74) is 0.851. The van der Waals surface area contributed by atoms with E-state index in [0.717, 1.165) is 23.0 Å². The molecule has 0 aliphatic rings. The molecular weight excluding hydrogens is 200 g/mol. The molecular formula is C9H8N2O2S. The van der Waals surface area contributed by atoms with Crippen LogP contribution in [0.3, 0.4) is 0 Å². The van der Waals surface area contributed by atoms with Crippen molar-refractivity contribution in [2.75, 3.05) is 7.11 Å². The molecule has 14 heavy (non-hydrogen) atoms. The van der Waals surface area contributed by atoms with Gasteiger partial charge in [-0.2, -0.15) is 0 Å². The Bertz CT molecular complexity index is 425. The van der Waals surface area contributed by atoms with E-state index < -0.39 is 0 Å². The number of aromatic nitrogens is 2. The van der Waals surface area contributed by atoms with Crippen LogP contribution in [-0.2, 0) is 0 Å². The molecule has 0 saturated heterocycles. The Balaban J connectivity index is 2.33. The molecule has 72 valence electrons. The number of rotatable bonds is 2. The Morgan fingerprint density at radius 1 is 1.36 bits per heavy atom. The van der Waals surface area contributed by atoms with Crippen LogP contribution >= 0.6 is 11.5 Å². The third-order valence-corrected chi connectivity index (χ3v) is 2.33. The molecule has 5 heteroatoms. The number of hydrogen-bond donors (Lipinski definition) is 0. The molecule has 0 spiro atoms. The fourth-order valence-corrected chi connectivity index (χ4v) is 1.54. The monoisotopic (exact) mass is 208 g/mol. The maximum Gasteiger partial charge on any atom is 0.239 e. The Morgan fingerprint density at radius 2 is 2.07 bits per heavy atom. The van der Waals surface area contributed by atoms with Gasteiger partial charge in [0.1, 0.15) is 5.75 Å². The molecule has 0 saturated carbocycles. The van der Waals surface area contributed by atoms with Crippen molar-refractivity contribution in [3.8, 4) is 16.5 Å². The Kier molecular flexibility index (Phi) is 2.32. The van der Waals surface area contributed by atoms with Gasteiger partial charge in [-0.15, -0.1) is 0 Å². The lowest BCUT2D eigenvalue weighted by Gasteiger charge is -1.96. The summed E-state index contributed by atoms with van der Waals surface area (Å²) in [6.07, 6.45) is 1.45. The highest BCUT2D eigenvalue weighted by atomic mass is 32.1. The van der Waals surface area contributed by atoms with Crippen molar-refractivity contribution < 1.29 is 14.5 Å². The van der Waals surface area contributed by atoms with E-state index in [2.05, 4.69) is 4.49 Å². The lowest BCUT2D eigenvalue weighted by molar-refractivity contribution is -0.652. The second-order valence-electron chi connectivity index (χ2n) is 2.66. The van der Waals surface area contributed by atoms with Crippen molar-refractivity contribution in [3.05, 3.63) is 30.5 Å². The first-order valence-corrected chi connectivity index (χ1v) is 4.77. The van der Waals surface area contributed by atoms with E-state index in [1.165, 1.54) is 6.20 Å². The van der Waals surface area contributed by atoms with Gasteiger partial charge in [0.2, 0.25) is 11.9 Å². The van der Waals surface area contributed by atoms with Gasteiger partial charge in [-0.25, -0.2) is 0 Å². The zero-order chi connectivity index (χ0) is 9.97. The summed E-state index contributed by atoms with van der Waals surface area (Å²) in [5, 5.41) is 10.8. The van der Waals surface area contributed by atoms with Gasteiger partial charge in [0.15, 0.2) is 0 Å². The molecule has 1 aromatic heterocycles. The number of methoxy groups -OCH3 is 1. The molecule has 0 atom stereocenters. The third kappa shape index (κ3) is 1.67. The molecule has 0 bridgehead atoms. The molecule has 0 unspecified atom stereocenters. The smallest absolute Gasteiger partial charge is 0.239 e. The third-order valence-electron chi connectivity index (χ3n) is 1.78. The SMILES string of the molecule is COc1ccc(-[n+]2cc([O-])sn2)cc1. The molecule has 1 heterocycles. The second-order valence-corrected chi connectivity index (χ2v) is 3.41. The van der Waals surface area contributed by atoms with Gasteiger partial charge in [-0.05, 0) is 16.8 Å². The first-order chi connectivity index (χ1) is 6.79. The highest BCUT2D eigenvalue weighted by Crippen LogP contribution is 2.12. The lowest BCUT2D eigenvalue weighted by atomic mass is 10.3. The van der Waals surface area contributed by atoms with Gasteiger partial charge < -0.3 is 9.84 Å². The topological polar surface area (TPSA) is 49.1 Å². The van der Waals surface area contributed by atoms with Gasteiger partial charge >= 0.3 is 0 Å². The maximum absolute atomic E-state index is 10.9. The summed E-state index contributed by atoms with van der Waals surface area (Å²) >= 11 is 0.935. The fraction of sp³-hybridized carbons (Fsp3) is 0.111. The molecule has 2 aromatic rings. The summed E-state index contributed by atoms with van der Waals surface area (Å²) in [4.78, 5) is 0. The van der Waals surface area contributed by atoms with Crippen LogP contribution in [0.4, 0.5) is 0 Å². The Morgan fingerprint density at radius 3 is 2.57 bits per heavy atom. The second kappa shape index (κ2) is 3.63. The zero-order valence-electron chi connectivity index (χ0n) is 7.51. The fourth-order valence-electron chi connectivity index (χ4n) is 1.09. The van der Waals surface area contributed by atoms with Crippen molar-refractivity contribution in [3.63, 3.8) is 0 Å². The van der Waals surface area contributed by atoms with Crippen LogP contribution in [0, 0.1) is 0 Å². The molecule has 2 rings (SSSR count). The Labute approximate surface area is 85.2 Å². The van der Waals surface area contributed by atoms with Gasteiger partial charge in [-0.3, -0.25) is 0 Å². The quantitative estimate of drug-likeness (QED) is 0.675. The standard InChI is InChI=1S/C9H8N2O2S/c1-13-8-4-2-7(3-5-8)11-6-9(12)14-10-11/h2-6H,1H3. The highest BCUT2D eigenvalue weighted by Gasteiger charge is 2.08. The molecule has 0 radical (unpaired) electrons. The molecule has 0 aliphatic carbocycles. The molecule has 0 fully saturated rings. The van der Waals surface area contributed by atoms with E-state index in [9.17, 15) is 5.11 Å². The van der Waals surface area contributed by atoms with Crippen molar-refractivity contribution in [1.29, 1.82) is 0 Å². The van der Waals surface area contributed by atoms with Gasteiger partial charge in [-0.1, -0.05) is 0 Å². The summed E-state index contributed by atoms with van der Waals surface area (Å²) in [6.45, 7) is 0. The zero-order valence-corrected chi connectivity index (χ0v) is 8.32. The lowest BCUT2D eigenvalue weighted by Crippen LogP contribution is -2.30. The normalized spacial score (nSPS) is 10.1. The number of benzene rings is 1. The van der Waals surface area contributed by atoms with E-state index in [1.807, 2.05) is 24.3 Å². The van der Waals surface area contributed by atoms with Crippen molar-refractivity contribution in [2.24, 2.45) is 0 Å². The number of hydrogen-bond acceptors (Lipinski definition) is 4. The summed E-state index contributed by atoms with van der Waals surface area (Å²) < 4.78 is 10.5. The first kappa shape index (κ1) is 8.96. The molecule has 0 N–H and O–H groups in total. The van der Waals surface area contributed by atoms with Gasteiger partial charge in [0.25, 0.3) is 0 Å². The predicted octanol–water partition coefficient (Wildman–Crippen LogP) is 0.502. The minimum absolute atomic E-state index is 0.0548. The number of nitrogens with zero attached hydrogens (tertiary/aromatic N) is 2. The molecule has 0 aliphatic heterocycles. The maximum atomic E-state index is 10.9. The van der Waals surface area contributed by atoms with Crippen LogP contribution in [0.2, 0.25) is 0 Å². The van der Waals surface area contributed by atoms with Crippen LogP contribution in [0.1, 0.15) is 0 Å². The first-order valence-electron chi connectivity index (χ1n) is 4.00. The minimum atomic E-state index is -0.0548. The van der Waals surface area contributed by atoms with E-state index >= 15 is 0 Å². The summed E-state index contributed by atoms with van der Waals surface area (Å²) in [5.74, 6) is 0.784. The van der Waals surface area contributed by atoms with E-state index in [-0.39, 0.29) is 5.06 Å². The predicted molar refractivity (Wildman–Crippen MR) is 49.6 cm³/mol. The van der Waals surface area contributed by atoms with Crippen LogP contribution in [-0.4, -0.2) is 11.6 Å². The van der Waals surface area contributed by atoms with Crippen LogP contribution in [0.15, 0.2) is 30.5 Å². The van der Waals surface area contributed by atoms with Crippen LogP contribution in [0.25, 0.3) is 5.69 Å².